The lowest BCUT2D eigenvalue weighted by Gasteiger charge is -2.30. The maximum absolute atomic E-state index is 12.8. The molecule has 2 atom stereocenters. The van der Waals surface area contributed by atoms with E-state index in [2.05, 4.69) is 16.3 Å². The molecule has 0 spiro atoms. The third-order valence-corrected chi connectivity index (χ3v) is 5.34. The first-order valence-corrected chi connectivity index (χ1v) is 8.61. The quantitative estimate of drug-likeness (QED) is 0.605. The molecule has 1 aliphatic carbocycles. The largest absolute Gasteiger partial charge is 0.416 e. The van der Waals surface area contributed by atoms with E-state index in [1.807, 2.05) is 18.3 Å². The van der Waals surface area contributed by atoms with Crippen LogP contribution in [-0.4, -0.2) is 10.2 Å². The van der Waals surface area contributed by atoms with E-state index >= 15 is 0 Å². The molecule has 1 aliphatic rings. The molecule has 2 aromatic carbocycles. The lowest BCUT2D eigenvalue weighted by atomic mass is 9.74. The van der Waals surface area contributed by atoms with E-state index in [1.54, 1.807) is 12.1 Å². The average Bonchev–Trinajstić information content (AvgIpc) is 3.10. The van der Waals surface area contributed by atoms with E-state index in [-0.39, 0.29) is 0 Å². The Labute approximate surface area is 144 Å². The smallest absolute Gasteiger partial charge is 0.278 e. The molecule has 1 N–H and O–H groups in total. The Morgan fingerprint density at radius 3 is 2.48 bits per heavy atom. The van der Waals surface area contributed by atoms with Crippen molar-refractivity contribution in [3.8, 4) is 0 Å². The Morgan fingerprint density at radius 2 is 1.72 bits per heavy atom. The molecule has 25 heavy (non-hydrogen) atoms. The molecule has 0 amide bonds. The van der Waals surface area contributed by atoms with Gasteiger partial charge in [0.15, 0.2) is 0 Å². The minimum atomic E-state index is -4.27. The van der Waals surface area contributed by atoms with E-state index in [4.69, 9.17) is 0 Å². The second-order valence-electron chi connectivity index (χ2n) is 6.86. The van der Waals surface area contributed by atoms with Gasteiger partial charge in [-0.05, 0) is 60.4 Å². The van der Waals surface area contributed by atoms with E-state index < -0.39 is 11.7 Å². The monoisotopic (exact) mass is 344 g/mol. The molecule has 130 valence electrons. The Balaban J connectivity index is 1.58. The Kier molecular flexibility index (Phi) is 4.02. The Morgan fingerprint density at radius 1 is 0.960 bits per heavy atom. The van der Waals surface area contributed by atoms with Crippen LogP contribution in [0.1, 0.15) is 54.2 Å². The van der Waals surface area contributed by atoms with Gasteiger partial charge in [0.1, 0.15) is 0 Å². The number of nitrogens with one attached hydrogen (secondary N) is 1. The highest BCUT2D eigenvalue weighted by Gasteiger charge is 2.31. The van der Waals surface area contributed by atoms with Crippen molar-refractivity contribution in [2.45, 2.75) is 43.7 Å². The van der Waals surface area contributed by atoms with Crippen LogP contribution in [0.3, 0.4) is 0 Å². The van der Waals surface area contributed by atoms with Crippen molar-refractivity contribution in [1.29, 1.82) is 0 Å². The molecule has 4 rings (SSSR count). The van der Waals surface area contributed by atoms with Crippen molar-refractivity contribution in [1.82, 2.24) is 10.2 Å². The van der Waals surface area contributed by atoms with Gasteiger partial charge in [0.05, 0.1) is 17.3 Å². The van der Waals surface area contributed by atoms with Crippen molar-refractivity contribution in [3.63, 3.8) is 0 Å². The maximum atomic E-state index is 12.8. The zero-order chi connectivity index (χ0) is 17.4. The summed E-state index contributed by atoms with van der Waals surface area (Å²) in [7, 11) is 0. The summed E-state index contributed by atoms with van der Waals surface area (Å²) < 4.78 is 38.3. The third-order valence-electron chi connectivity index (χ3n) is 5.34. The number of hydrogen-bond acceptors (Lipinski definition) is 1. The summed E-state index contributed by atoms with van der Waals surface area (Å²) >= 11 is 0. The topological polar surface area (TPSA) is 28.7 Å². The summed E-state index contributed by atoms with van der Waals surface area (Å²) in [5, 5.41) is 8.29. The normalized spacial score (nSPS) is 21.6. The number of fused-ring (bicyclic) bond motifs is 1. The molecule has 1 aromatic heterocycles. The first kappa shape index (κ1) is 16.2. The molecular formula is C20H19F3N2. The standard InChI is InChI=1S/C20H19F3N2/c21-20(22,23)16-9-7-13(8-10-16)14-3-1-4-15(11-14)17-5-2-6-19-18(17)12-24-25-19/h2,5-10,12,14-15H,1,3-4,11H2,(H,24,25). The number of aromatic amines is 1. The van der Waals surface area contributed by atoms with Gasteiger partial charge in [0.25, 0.3) is 0 Å². The summed E-state index contributed by atoms with van der Waals surface area (Å²) in [4.78, 5) is 0. The van der Waals surface area contributed by atoms with Crippen LogP contribution < -0.4 is 0 Å². The van der Waals surface area contributed by atoms with Crippen LogP contribution >= 0.6 is 0 Å². The predicted molar refractivity (Wildman–Crippen MR) is 91.5 cm³/mol. The van der Waals surface area contributed by atoms with E-state index in [1.165, 1.54) is 17.7 Å². The lowest BCUT2D eigenvalue weighted by Crippen LogP contribution is -2.13. The van der Waals surface area contributed by atoms with Gasteiger partial charge in [-0.15, -0.1) is 0 Å². The van der Waals surface area contributed by atoms with Crippen LogP contribution in [0.5, 0.6) is 0 Å². The number of nitrogens with zero attached hydrogens (tertiary/aromatic N) is 1. The van der Waals surface area contributed by atoms with Gasteiger partial charge in [0, 0.05) is 5.39 Å². The van der Waals surface area contributed by atoms with Gasteiger partial charge in [-0.25, -0.2) is 0 Å². The molecule has 0 aliphatic heterocycles. The number of alkyl halides is 3. The summed E-state index contributed by atoms with van der Waals surface area (Å²) in [6.45, 7) is 0. The second kappa shape index (κ2) is 6.21. The predicted octanol–water partition coefficient (Wildman–Crippen LogP) is 6.02. The number of benzene rings is 2. The fourth-order valence-electron chi connectivity index (χ4n) is 4.07. The molecule has 1 saturated carbocycles. The number of rotatable bonds is 2. The van der Waals surface area contributed by atoms with Crippen molar-refractivity contribution < 1.29 is 13.2 Å². The van der Waals surface area contributed by atoms with Gasteiger partial charge < -0.3 is 0 Å². The fraction of sp³-hybridized carbons (Fsp3) is 0.350. The van der Waals surface area contributed by atoms with Gasteiger partial charge in [-0.3, -0.25) is 5.10 Å². The highest BCUT2D eigenvalue weighted by atomic mass is 19.4. The van der Waals surface area contributed by atoms with Crippen LogP contribution in [0.2, 0.25) is 0 Å². The first-order valence-electron chi connectivity index (χ1n) is 8.61. The SMILES string of the molecule is FC(F)(F)c1ccc(C2CCCC(c3cccc4[nH]ncc34)C2)cc1. The number of H-pyrrole nitrogens is 1. The number of hydrogen-bond donors (Lipinski definition) is 1. The first-order chi connectivity index (χ1) is 12.0. The second-order valence-corrected chi connectivity index (χ2v) is 6.86. The summed E-state index contributed by atoms with van der Waals surface area (Å²) in [6.07, 6.45) is 1.79. The molecule has 0 saturated heterocycles. The molecule has 0 radical (unpaired) electrons. The molecule has 3 aromatic rings. The molecular weight excluding hydrogens is 325 g/mol. The molecule has 1 fully saturated rings. The summed E-state index contributed by atoms with van der Waals surface area (Å²) in [5.74, 6) is 0.727. The Bertz CT molecular complexity index is 865. The van der Waals surface area contributed by atoms with Crippen molar-refractivity contribution in [2.24, 2.45) is 0 Å². The van der Waals surface area contributed by atoms with Crippen LogP contribution in [-0.2, 0) is 6.18 Å². The third kappa shape index (κ3) is 3.15. The van der Waals surface area contributed by atoms with Crippen molar-refractivity contribution in [2.75, 3.05) is 0 Å². The highest BCUT2D eigenvalue weighted by Crippen LogP contribution is 2.43. The summed E-state index contributed by atoms with van der Waals surface area (Å²) in [5.41, 5.74) is 2.76. The van der Waals surface area contributed by atoms with Crippen LogP contribution in [0, 0.1) is 0 Å². The maximum Gasteiger partial charge on any atom is 0.416 e. The van der Waals surface area contributed by atoms with Gasteiger partial charge >= 0.3 is 6.18 Å². The molecule has 5 heteroatoms. The minimum Gasteiger partial charge on any atom is -0.278 e. The van der Waals surface area contributed by atoms with Crippen LogP contribution in [0.4, 0.5) is 13.2 Å². The Hall–Kier alpha value is -2.30. The van der Waals surface area contributed by atoms with Crippen molar-refractivity contribution in [3.05, 3.63) is 65.4 Å². The van der Waals surface area contributed by atoms with E-state index in [9.17, 15) is 13.2 Å². The van der Waals surface area contributed by atoms with Gasteiger partial charge in [0.2, 0.25) is 0 Å². The van der Waals surface area contributed by atoms with Crippen LogP contribution in [0.15, 0.2) is 48.7 Å². The van der Waals surface area contributed by atoms with Crippen LogP contribution in [0.25, 0.3) is 10.9 Å². The molecule has 2 nitrogen and oxygen atoms in total. The molecule has 0 bridgehead atoms. The lowest BCUT2D eigenvalue weighted by molar-refractivity contribution is -0.137. The van der Waals surface area contributed by atoms with Crippen molar-refractivity contribution >= 4 is 10.9 Å². The average molecular weight is 344 g/mol. The number of aromatic nitrogens is 2. The molecule has 1 heterocycles. The van der Waals surface area contributed by atoms with E-state index in [0.717, 1.165) is 42.1 Å². The molecule has 2 unspecified atom stereocenters. The highest BCUT2D eigenvalue weighted by molar-refractivity contribution is 5.82. The van der Waals surface area contributed by atoms with Gasteiger partial charge in [-0.2, -0.15) is 18.3 Å². The minimum absolute atomic E-state index is 0.309. The summed E-state index contributed by atoms with van der Waals surface area (Å²) in [6, 6.07) is 11.9. The zero-order valence-corrected chi connectivity index (χ0v) is 13.7. The number of halogens is 3. The van der Waals surface area contributed by atoms with Gasteiger partial charge in [-0.1, -0.05) is 30.7 Å². The fourth-order valence-corrected chi connectivity index (χ4v) is 4.07. The zero-order valence-electron chi connectivity index (χ0n) is 13.7. The van der Waals surface area contributed by atoms with E-state index in [0.29, 0.717) is 11.8 Å².